The maximum absolute atomic E-state index is 9.79. The summed E-state index contributed by atoms with van der Waals surface area (Å²) in [4.78, 5) is 11.0. The van der Waals surface area contributed by atoms with Gasteiger partial charge in [0.1, 0.15) is 5.82 Å². The van der Waals surface area contributed by atoms with E-state index in [0.717, 1.165) is 24.6 Å². The topological polar surface area (TPSA) is 75.3 Å². The average Bonchev–Trinajstić information content (AvgIpc) is 3.34. The zero-order valence-corrected chi connectivity index (χ0v) is 13.1. The molecule has 2 aromatic rings. The molecule has 2 atom stereocenters. The first-order chi connectivity index (χ1) is 11.2. The van der Waals surface area contributed by atoms with Crippen LogP contribution in [0.3, 0.4) is 0 Å². The summed E-state index contributed by atoms with van der Waals surface area (Å²) in [6, 6.07) is 12.5. The number of hydrogen-bond acceptors (Lipinski definition) is 5. The second-order valence-electron chi connectivity index (χ2n) is 6.65. The Kier molecular flexibility index (Phi) is 3.65. The predicted octanol–water partition coefficient (Wildman–Crippen LogP) is 2.15. The first-order valence-electron chi connectivity index (χ1n) is 8.30. The predicted molar refractivity (Wildman–Crippen MR) is 90.4 cm³/mol. The molecule has 5 heteroatoms. The second-order valence-corrected chi connectivity index (χ2v) is 6.65. The van der Waals surface area contributed by atoms with E-state index in [1.54, 1.807) is 0 Å². The van der Waals surface area contributed by atoms with Gasteiger partial charge in [-0.05, 0) is 18.4 Å². The van der Waals surface area contributed by atoms with Crippen molar-refractivity contribution in [3.05, 3.63) is 47.7 Å². The van der Waals surface area contributed by atoms with Gasteiger partial charge in [-0.2, -0.15) is 4.98 Å². The van der Waals surface area contributed by atoms with Crippen molar-refractivity contribution in [1.82, 2.24) is 9.97 Å². The van der Waals surface area contributed by atoms with Crippen molar-refractivity contribution in [2.24, 2.45) is 5.92 Å². The quantitative estimate of drug-likeness (QED) is 0.905. The Balaban J connectivity index is 1.61. The standard InChI is InChI=1S/C18H22N4O/c19-18-20-16(13-6-7-13)8-17(21-18)22-9-14(11-23)15(10-22)12-4-2-1-3-5-12/h1-5,8,13-15,23H,6-7,9-11H2,(H2,19,20,21)/t14-,15-/m0/s1. The normalized spacial score (nSPS) is 24.1. The van der Waals surface area contributed by atoms with Crippen LogP contribution in [0.4, 0.5) is 11.8 Å². The van der Waals surface area contributed by atoms with Crippen molar-refractivity contribution in [3.63, 3.8) is 0 Å². The van der Waals surface area contributed by atoms with Crippen LogP contribution in [-0.2, 0) is 0 Å². The number of benzene rings is 1. The molecule has 1 aliphatic carbocycles. The fraction of sp³-hybridized carbons (Fsp3) is 0.444. The van der Waals surface area contributed by atoms with E-state index in [0.29, 0.717) is 17.8 Å². The molecule has 1 saturated carbocycles. The second kappa shape index (κ2) is 5.81. The van der Waals surface area contributed by atoms with Crippen LogP contribution in [0.5, 0.6) is 0 Å². The highest BCUT2D eigenvalue weighted by molar-refractivity contribution is 5.47. The van der Waals surface area contributed by atoms with Gasteiger partial charge in [-0.25, -0.2) is 4.98 Å². The lowest BCUT2D eigenvalue weighted by molar-refractivity contribution is 0.227. The van der Waals surface area contributed by atoms with Gasteiger partial charge < -0.3 is 15.7 Å². The first-order valence-corrected chi connectivity index (χ1v) is 8.30. The number of anilines is 2. The van der Waals surface area contributed by atoms with E-state index in [1.807, 2.05) is 6.07 Å². The van der Waals surface area contributed by atoms with E-state index >= 15 is 0 Å². The van der Waals surface area contributed by atoms with Gasteiger partial charge in [0.2, 0.25) is 5.95 Å². The molecule has 1 aromatic heterocycles. The number of nitrogens with zero attached hydrogens (tertiary/aromatic N) is 3. The highest BCUT2D eigenvalue weighted by Gasteiger charge is 2.35. The molecule has 0 bridgehead atoms. The van der Waals surface area contributed by atoms with Gasteiger partial charge in [-0.15, -0.1) is 0 Å². The molecule has 0 unspecified atom stereocenters. The third kappa shape index (κ3) is 2.88. The largest absolute Gasteiger partial charge is 0.396 e. The Hall–Kier alpha value is -2.14. The molecule has 2 fully saturated rings. The number of rotatable bonds is 4. The van der Waals surface area contributed by atoms with Crippen molar-refractivity contribution in [3.8, 4) is 0 Å². The van der Waals surface area contributed by atoms with Crippen LogP contribution in [0, 0.1) is 5.92 Å². The van der Waals surface area contributed by atoms with Crippen LogP contribution in [0.25, 0.3) is 0 Å². The third-order valence-corrected chi connectivity index (χ3v) is 4.97. The SMILES string of the molecule is Nc1nc(C2CC2)cc(N2C[C@@H](CO)[C@H](c3ccccc3)C2)n1. The highest BCUT2D eigenvalue weighted by atomic mass is 16.3. The van der Waals surface area contributed by atoms with Crippen molar-refractivity contribution in [2.75, 3.05) is 30.3 Å². The van der Waals surface area contributed by atoms with Crippen LogP contribution >= 0.6 is 0 Å². The summed E-state index contributed by atoms with van der Waals surface area (Å²) in [7, 11) is 0. The minimum Gasteiger partial charge on any atom is -0.396 e. The molecule has 1 aliphatic heterocycles. The van der Waals surface area contributed by atoms with Crippen LogP contribution in [0.15, 0.2) is 36.4 Å². The smallest absolute Gasteiger partial charge is 0.222 e. The van der Waals surface area contributed by atoms with Crippen LogP contribution in [-0.4, -0.2) is 34.8 Å². The Morgan fingerprint density at radius 3 is 2.61 bits per heavy atom. The summed E-state index contributed by atoms with van der Waals surface area (Å²) in [5.74, 6) is 2.35. The molecule has 0 spiro atoms. The van der Waals surface area contributed by atoms with Crippen LogP contribution < -0.4 is 10.6 Å². The van der Waals surface area contributed by atoms with Gasteiger partial charge in [0.05, 0.1) is 5.69 Å². The maximum Gasteiger partial charge on any atom is 0.222 e. The van der Waals surface area contributed by atoms with E-state index in [9.17, 15) is 5.11 Å². The molecule has 23 heavy (non-hydrogen) atoms. The van der Waals surface area contributed by atoms with Gasteiger partial charge in [-0.1, -0.05) is 30.3 Å². The van der Waals surface area contributed by atoms with Crippen molar-refractivity contribution in [1.29, 1.82) is 0 Å². The molecule has 0 amide bonds. The molecule has 1 aromatic carbocycles. The van der Waals surface area contributed by atoms with Crippen LogP contribution in [0.1, 0.15) is 35.9 Å². The van der Waals surface area contributed by atoms with E-state index in [4.69, 9.17) is 5.73 Å². The third-order valence-electron chi connectivity index (χ3n) is 4.97. The minimum atomic E-state index is 0.187. The van der Waals surface area contributed by atoms with Crippen molar-refractivity contribution >= 4 is 11.8 Å². The number of aromatic nitrogens is 2. The molecule has 2 heterocycles. The number of nitrogens with two attached hydrogens (primary N) is 1. The molecule has 1 saturated heterocycles. The van der Waals surface area contributed by atoms with E-state index < -0.39 is 0 Å². The summed E-state index contributed by atoms with van der Waals surface area (Å²) in [6.07, 6.45) is 2.39. The lowest BCUT2D eigenvalue weighted by Crippen LogP contribution is -2.22. The molecular weight excluding hydrogens is 288 g/mol. The Morgan fingerprint density at radius 1 is 1.13 bits per heavy atom. The summed E-state index contributed by atoms with van der Waals surface area (Å²) < 4.78 is 0. The number of aliphatic hydroxyl groups is 1. The zero-order chi connectivity index (χ0) is 15.8. The van der Waals surface area contributed by atoms with Gasteiger partial charge in [0.25, 0.3) is 0 Å². The maximum atomic E-state index is 9.79. The van der Waals surface area contributed by atoms with E-state index in [2.05, 4.69) is 45.2 Å². The summed E-state index contributed by atoms with van der Waals surface area (Å²) in [6.45, 7) is 1.85. The monoisotopic (exact) mass is 310 g/mol. The van der Waals surface area contributed by atoms with Gasteiger partial charge in [0.15, 0.2) is 0 Å². The summed E-state index contributed by atoms with van der Waals surface area (Å²) >= 11 is 0. The number of aliphatic hydroxyl groups excluding tert-OH is 1. The van der Waals surface area contributed by atoms with Crippen LogP contribution in [0.2, 0.25) is 0 Å². The minimum absolute atomic E-state index is 0.187. The molecule has 5 nitrogen and oxygen atoms in total. The summed E-state index contributed by atoms with van der Waals surface area (Å²) in [5, 5.41) is 9.79. The molecule has 3 N–H and O–H groups in total. The van der Waals surface area contributed by atoms with Gasteiger partial charge >= 0.3 is 0 Å². The summed E-state index contributed by atoms with van der Waals surface area (Å²) in [5.41, 5.74) is 8.25. The lowest BCUT2D eigenvalue weighted by atomic mass is 9.90. The molecule has 120 valence electrons. The van der Waals surface area contributed by atoms with Crippen molar-refractivity contribution < 1.29 is 5.11 Å². The fourth-order valence-corrected chi connectivity index (χ4v) is 3.54. The molecule has 2 aliphatic rings. The fourth-order valence-electron chi connectivity index (χ4n) is 3.54. The zero-order valence-electron chi connectivity index (χ0n) is 13.1. The van der Waals surface area contributed by atoms with Gasteiger partial charge in [0, 0.05) is 43.5 Å². The molecule has 4 rings (SSSR count). The van der Waals surface area contributed by atoms with E-state index in [-0.39, 0.29) is 12.5 Å². The Morgan fingerprint density at radius 2 is 1.91 bits per heavy atom. The lowest BCUT2D eigenvalue weighted by Gasteiger charge is -2.18. The number of hydrogen-bond donors (Lipinski definition) is 2. The molecular formula is C18H22N4O. The van der Waals surface area contributed by atoms with Crippen molar-refractivity contribution in [2.45, 2.75) is 24.7 Å². The average molecular weight is 310 g/mol. The van der Waals surface area contributed by atoms with E-state index in [1.165, 1.54) is 18.4 Å². The Labute approximate surface area is 136 Å². The Bertz CT molecular complexity index is 687. The first kappa shape index (κ1) is 14.5. The number of nitrogen functional groups attached to an aromatic ring is 1. The van der Waals surface area contributed by atoms with Gasteiger partial charge in [-0.3, -0.25) is 0 Å². The molecule has 0 radical (unpaired) electrons. The highest BCUT2D eigenvalue weighted by Crippen LogP contribution is 2.41.